The third-order valence-electron chi connectivity index (χ3n) is 2.09. The molecule has 1 aromatic heterocycles. The molecular weight excluding hydrogens is 228 g/mol. The van der Waals surface area contributed by atoms with Crippen LogP contribution in [0.5, 0.6) is 0 Å². The van der Waals surface area contributed by atoms with Gasteiger partial charge in [-0.05, 0) is 0 Å². The molecule has 0 unspecified atom stereocenters. The van der Waals surface area contributed by atoms with E-state index in [4.69, 9.17) is 9.84 Å². The van der Waals surface area contributed by atoms with E-state index in [0.29, 0.717) is 13.0 Å². The molecule has 1 N–H and O–H groups in total. The number of nitrogens with zero attached hydrogens (tertiary/aromatic N) is 2. The summed E-state index contributed by atoms with van der Waals surface area (Å²) in [4.78, 5) is 16.8. The van der Waals surface area contributed by atoms with Crippen molar-refractivity contribution < 1.29 is 14.6 Å². The maximum atomic E-state index is 10.4. The predicted molar refractivity (Wildman–Crippen MR) is 63.2 cm³/mol. The van der Waals surface area contributed by atoms with E-state index in [1.807, 2.05) is 17.3 Å². The van der Waals surface area contributed by atoms with E-state index in [1.54, 1.807) is 7.11 Å². The van der Waals surface area contributed by atoms with Crippen LogP contribution >= 0.6 is 11.3 Å². The number of rotatable bonds is 7. The first kappa shape index (κ1) is 12.9. The van der Waals surface area contributed by atoms with Gasteiger partial charge in [0, 0.05) is 32.5 Å². The highest BCUT2D eigenvalue weighted by atomic mass is 32.1. The van der Waals surface area contributed by atoms with Gasteiger partial charge in [0.15, 0.2) is 5.13 Å². The Balaban J connectivity index is 2.46. The second-order valence-corrected chi connectivity index (χ2v) is 4.27. The monoisotopic (exact) mass is 244 g/mol. The SMILES string of the molecule is COCCN(C)c1nc(CCC(=O)O)cs1. The van der Waals surface area contributed by atoms with E-state index in [1.165, 1.54) is 11.3 Å². The number of carboxylic acid groups (broad SMARTS) is 1. The number of anilines is 1. The van der Waals surface area contributed by atoms with E-state index >= 15 is 0 Å². The summed E-state index contributed by atoms with van der Waals surface area (Å²) in [7, 11) is 3.60. The Morgan fingerprint density at radius 1 is 1.69 bits per heavy atom. The van der Waals surface area contributed by atoms with Gasteiger partial charge in [0.05, 0.1) is 18.7 Å². The lowest BCUT2D eigenvalue weighted by atomic mass is 10.2. The Kier molecular flexibility index (Phi) is 5.21. The van der Waals surface area contributed by atoms with Crippen molar-refractivity contribution in [1.82, 2.24) is 4.98 Å². The van der Waals surface area contributed by atoms with Crippen LogP contribution in [0.25, 0.3) is 0 Å². The van der Waals surface area contributed by atoms with Crippen LogP contribution in [-0.4, -0.2) is 43.4 Å². The van der Waals surface area contributed by atoms with Gasteiger partial charge in [-0.15, -0.1) is 11.3 Å². The average Bonchev–Trinajstić information content (AvgIpc) is 2.71. The Labute approximate surface area is 98.7 Å². The number of thiazole rings is 1. The molecule has 6 heteroatoms. The molecule has 0 saturated heterocycles. The van der Waals surface area contributed by atoms with Gasteiger partial charge in [-0.1, -0.05) is 0 Å². The Morgan fingerprint density at radius 3 is 3.06 bits per heavy atom. The van der Waals surface area contributed by atoms with Crippen LogP contribution in [0.3, 0.4) is 0 Å². The lowest BCUT2D eigenvalue weighted by molar-refractivity contribution is -0.136. The smallest absolute Gasteiger partial charge is 0.303 e. The summed E-state index contributed by atoms with van der Waals surface area (Å²) in [5.74, 6) is -0.790. The highest BCUT2D eigenvalue weighted by Crippen LogP contribution is 2.19. The molecule has 0 aliphatic rings. The zero-order chi connectivity index (χ0) is 12.0. The third-order valence-corrected chi connectivity index (χ3v) is 3.10. The summed E-state index contributed by atoms with van der Waals surface area (Å²) in [5.41, 5.74) is 0.840. The molecule has 0 aliphatic heterocycles. The molecular formula is C10H16N2O3S. The number of methoxy groups -OCH3 is 1. The van der Waals surface area contributed by atoms with E-state index in [9.17, 15) is 4.79 Å². The van der Waals surface area contributed by atoms with E-state index in [2.05, 4.69) is 4.98 Å². The summed E-state index contributed by atoms with van der Waals surface area (Å²) in [6, 6.07) is 0. The summed E-state index contributed by atoms with van der Waals surface area (Å²) in [6.07, 6.45) is 0.620. The number of carbonyl (C=O) groups is 1. The topological polar surface area (TPSA) is 62.7 Å². The normalized spacial score (nSPS) is 10.4. The van der Waals surface area contributed by atoms with Crippen LogP contribution in [0.4, 0.5) is 5.13 Å². The number of aryl methyl sites for hydroxylation is 1. The largest absolute Gasteiger partial charge is 0.481 e. The highest BCUT2D eigenvalue weighted by Gasteiger charge is 2.07. The first-order valence-electron chi connectivity index (χ1n) is 4.99. The van der Waals surface area contributed by atoms with Crippen molar-refractivity contribution >= 4 is 22.4 Å². The highest BCUT2D eigenvalue weighted by molar-refractivity contribution is 7.13. The number of aliphatic carboxylic acids is 1. The number of carboxylic acids is 1. The summed E-state index contributed by atoms with van der Waals surface area (Å²) in [5, 5.41) is 11.4. The van der Waals surface area contributed by atoms with Gasteiger partial charge in [0.2, 0.25) is 0 Å². The summed E-state index contributed by atoms with van der Waals surface area (Å²) < 4.78 is 4.98. The summed E-state index contributed by atoms with van der Waals surface area (Å²) >= 11 is 1.53. The molecule has 5 nitrogen and oxygen atoms in total. The van der Waals surface area contributed by atoms with Crippen LogP contribution < -0.4 is 4.90 Å². The maximum absolute atomic E-state index is 10.4. The van der Waals surface area contributed by atoms with Gasteiger partial charge in [-0.25, -0.2) is 4.98 Å². The van der Waals surface area contributed by atoms with Crippen molar-refractivity contribution in [3.05, 3.63) is 11.1 Å². The minimum atomic E-state index is -0.790. The van der Waals surface area contributed by atoms with Crippen molar-refractivity contribution in [2.45, 2.75) is 12.8 Å². The Bertz CT molecular complexity index is 341. The van der Waals surface area contributed by atoms with Crippen molar-refractivity contribution in [2.24, 2.45) is 0 Å². The fourth-order valence-corrected chi connectivity index (χ4v) is 2.00. The van der Waals surface area contributed by atoms with Gasteiger partial charge in [0.25, 0.3) is 0 Å². The number of ether oxygens (including phenoxy) is 1. The van der Waals surface area contributed by atoms with Gasteiger partial charge < -0.3 is 14.7 Å². The molecule has 0 bridgehead atoms. The lowest BCUT2D eigenvalue weighted by Crippen LogP contribution is -2.21. The fourth-order valence-electron chi connectivity index (χ4n) is 1.15. The van der Waals surface area contributed by atoms with Crippen molar-refractivity contribution in [3.8, 4) is 0 Å². The fraction of sp³-hybridized carbons (Fsp3) is 0.600. The number of hydrogen-bond acceptors (Lipinski definition) is 5. The van der Waals surface area contributed by atoms with Gasteiger partial charge in [0.1, 0.15) is 0 Å². The first-order valence-corrected chi connectivity index (χ1v) is 5.87. The molecule has 0 radical (unpaired) electrons. The van der Waals surface area contributed by atoms with Crippen LogP contribution in [0, 0.1) is 0 Å². The molecule has 0 fully saturated rings. The Morgan fingerprint density at radius 2 is 2.44 bits per heavy atom. The minimum absolute atomic E-state index is 0.130. The molecule has 0 saturated carbocycles. The molecule has 0 atom stereocenters. The Hall–Kier alpha value is -1.14. The molecule has 0 spiro atoms. The van der Waals surface area contributed by atoms with Crippen LogP contribution in [0.15, 0.2) is 5.38 Å². The molecule has 0 aromatic carbocycles. The van der Waals surface area contributed by atoms with Crippen molar-refractivity contribution in [2.75, 3.05) is 32.2 Å². The molecule has 90 valence electrons. The maximum Gasteiger partial charge on any atom is 0.303 e. The predicted octanol–water partition coefficient (Wildman–Crippen LogP) is 1.24. The lowest BCUT2D eigenvalue weighted by Gasteiger charge is -2.14. The van der Waals surface area contributed by atoms with Gasteiger partial charge in [-0.3, -0.25) is 4.79 Å². The van der Waals surface area contributed by atoms with Crippen molar-refractivity contribution in [3.63, 3.8) is 0 Å². The molecule has 16 heavy (non-hydrogen) atoms. The molecule has 1 rings (SSSR count). The molecule has 0 amide bonds. The number of aromatic nitrogens is 1. The standard InChI is InChI=1S/C10H16N2O3S/c1-12(5-6-15-2)10-11-8(7-16-10)3-4-9(13)14/h7H,3-6H2,1-2H3,(H,13,14). The molecule has 0 aliphatic carbocycles. The number of likely N-dealkylation sites (N-methyl/N-ethyl adjacent to an activating group) is 1. The van der Waals surface area contributed by atoms with Crippen molar-refractivity contribution in [1.29, 1.82) is 0 Å². The summed E-state index contributed by atoms with van der Waals surface area (Å²) in [6.45, 7) is 1.43. The van der Waals surface area contributed by atoms with E-state index in [-0.39, 0.29) is 6.42 Å². The number of hydrogen-bond donors (Lipinski definition) is 1. The second kappa shape index (κ2) is 6.44. The van der Waals surface area contributed by atoms with Gasteiger partial charge >= 0.3 is 5.97 Å². The third kappa shape index (κ3) is 4.16. The molecule has 1 aromatic rings. The van der Waals surface area contributed by atoms with E-state index < -0.39 is 5.97 Å². The van der Waals surface area contributed by atoms with E-state index in [0.717, 1.165) is 17.4 Å². The van der Waals surface area contributed by atoms with Crippen LogP contribution in [0.1, 0.15) is 12.1 Å². The zero-order valence-electron chi connectivity index (χ0n) is 9.47. The second-order valence-electron chi connectivity index (χ2n) is 3.43. The zero-order valence-corrected chi connectivity index (χ0v) is 10.3. The molecule has 1 heterocycles. The first-order chi connectivity index (χ1) is 7.63. The van der Waals surface area contributed by atoms with Crippen LogP contribution in [-0.2, 0) is 16.0 Å². The van der Waals surface area contributed by atoms with Crippen LogP contribution in [0.2, 0.25) is 0 Å². The minimum Gasteiger partial charge on any atom is -0.481 e. The average molecular weight is 244 g/mol. The van der Waals surface area contributed by atoms with Gasteiger partial charge in [-0.2, -0.15) is 0 Å². The quantitative estimate of drug-likeness (QED) is 0.782.